The maximum Gasteiger partial charge on any atom is 0.338 e. The van der Waals surface area contributed by atoms with Crippen LogP contribution in [0.15, 0.2) is 89.2 Å². The molecule has 44 heavy (non-hydrogen) atoms. The van der Waals surface area contributed by atoms with E-state index in [0.717, 1.165) is 28.9 Å². The molecule has 1 atom stereocenters. The maximum absolute atomic E-state index is 13.7. The number of benzene rings is 3. The Morgan fingerprint density at radius 2 is 1.70 bits per heavy atom. The molecule has 4 aromatic rings. The minimum absolute atomic E-state index is 0.0894. The number of allylic oxidation sites excluding steroid dienone is 1. The average molecular weight is 613 g/mol. The first-order valence-corrected chi connectivity index (χ1v) is 15.8. The predicted molar refractivity (Wildman–Crippen MR) is 174 cm³/mol. The number of ether oxygens (including phenoxy) is 3. The summed E-state index contributed by atoms with van der Waals surface area (Å²) >= 11 is 1.58. The summed E-state index contributed by atoms with van der Waals surface area (Å²) in [6, 6.07) is 23.3. The van der Waals surface area contributed by atoms with E-state index in [0.29, 0.717) is 40.5 Å². The number of hydrogen-bond acceptors (Lipinski definition) is 8. The molecule has 1 aliphatic rings. The van der Waals surface area contributed by atoms with Crippen molar-refractivity contribution in [1.29, 1.82) is 0 Å². The first-order valence-electron chi connectivity index (χ1n) is 14.9. The SMILES string of the molecule is CCCSc1nc2n(n1)C(c1ccc(OCc3ccc(C(C)(C)C)cc3)c(OC)c1)C(C(=O)OCc1ccccc1)=C(C)N2. The molecular formula is C35H40N4O4S. The zero-order valence-electron chi connectivity index (χ0n) is 26.2. The third-order valence-electron chi connectivity index (χ3n) is 7.42. The molecule has 230 valence electrons. The summed E-state index contributed by atoms with van der Waals surface area (Å²) in [5.74, 6) is 2.21. The summed E-state index contributed by atoms with van der Waals surface area (Å²) < 4.78 is 19.6. The van der Waals surface area contributed by atoms with Crippen LogP contribution in [-0.2, 0) is 28.2 Å². The van der Waals surface area contributed by atoms with Gasteiger partial charge in [0.15, 0.2) is 11.5 Å². The number of rotatable bonds is 11. The van der Waals surface area contributed by atoms with Gasteiger partial charge in [-0.3, -0.25) is 0 Å². The Balaban J connectivity index is 1.44. The van der Waals surface area contributed by atoms with Gasteiger partial charge in [-0.05, 0) is 53.1 Å². The number of aromatic nitrogens is 3. The normalized spacial score (nSPS) is 14.5. The summed E-state index contributed by atoms with van der Waals surface area (Å²) in [4.78, 5) is 18.4. The number of carbonyl (C=O) groups excluding carboxylic acids is 1. The van der Waals surface area contributed by atoms with Crippen LogP contribution in [0.2, 0.25) is 0 Å². The van der Waals surface area contributed by atoms with E-state index in [1.165, 1.54) is 5.56 Å². The molecule has 8 nitrogen and oxygen atoms in total. The van der Waals surface area contributed by atoms with Crippen molar-refractivity contribution in [2.75, 3.05) is 18.2 Å². The Morgan fingerprint density at radius 1 is 0.977 bits per heavy atom. The molecule has 1 unspecified atom stereocenters. The molecule has 0 saturated carbocycles. The fourth-order valence-electron chi connectivity index (χ4n) is 4.99. The smallest absolute Gasteiger partial charge is 0.338 e. The molecular weight excluding hydrogens is 572 g/mol. The van der Waals surface area contributed by atoms with Crippen LogP contribution in [0.4, 0.5) is 5.95 Å². The van der Waals surface area contributed by atoms with Gasteiger partial charge in [0.05, 0.1) is 12.7 Å². The van der Waals surface area contributed by atoms with Gasteiger partial charge in [-0.15, -0.1) is 5.10 Å². The van der Waals surface area contributed by atoms with E-state index in [2.05, 4.69) is 57.3 Å². The van der Waals surface area contributed by atoms with E-state index in [4.69, 9.17) is 24.3 Å². The molecule has 5 rings (SSSR count). The third-order valence-corrected chi connectivity index (χ3v) is 8.46. The van der Waals surface area contributed by atoms with Crippen LogP contribution in [-0.4, -0.2) is 33.6 Å². The van der Waals surface area contributed by atoms with Crippen LogP contribution in [0.25, 0.3) is 0 Å². The molecule has 0 fully saturated rings. The largest absolute Gasteiger partial charge is 0.493 e. The lowest BCUT2D eigenvalue weighted by molar-refractivity contribution is -0.140. The number of nitrogens with one attached hydrogen (secondary N) is 1. The molecule has 3 aromatic carbocycles. The third kappa shape index (κ3) is 7.10. The van der Waals surface area contributed by atoms with Crippen molar-refractivity contribution in [2.24, 2.45) is 0 Å². The van der Waals surface area contributed by atoms with Crippen molar-refractivity contribution >= 4 is 23.7 Å². The highest BCUT2D eigenvalue weighted by Crippen LogP contribution is 2.40. The number of carbonyl (C=O) groups is 1. The molecule has 0 bridgehead atoms. The van der Waals surface area contributed by atoms with E-state index in [1.54, 1.807) is 23.6 Å². The molecule has 2 heterocycles. The minimum atomic E-state index is -0.578. The van der Waals surface area contributed by atoms with Crippen molar-refractivity contribution in [2.45, 2.75) is 70.9 Å². The standard InChI is InChI=1S/C35H40N4O4S/c1-7-19-44-34-37-33-36-23(2)30(32(40)43-22-24-11-9-8-10-12-24)31(39(33)38-34)26-15-18-28(29(20-26)41-6)42-21-25-13-16-27(17-14-25)35(3,4)5/h8-18,20,31H,7,19,21-22H2,1-6H3,(H,36,37,38). The topological polar surface area (TPSA) is 87.5 Å². The van der Waals surface area contributed by atoms with Crippen molar-refractivity contribution in [3.05, 3.63) is 106 Å². The van der Waals surface area contributed by atoms with Gasteiger partial charge >= 0.3 is 5.97 Å². The van der Waals surface area contributed by atoms with Crippen LogP contribution in [0.3, 0.4) is 0 Å². The van der Waals surface area contributed by atoms with Gasteiger partial charge in [-0.1, -0.05) is 100 Å². The highest BCUT2D eigenvalue weighted by Gasteiger charge is 2.36. The van der Waals surface area contributed by atoms with Gasteiger partial charge in [0.1, 0.15) is 19.3 Å². The number of hydrogen-bond donors (Lipinski definition) is 1. The van der Waals surface area contributed by atoms with E-state index in [1.807, 2.05) is 55.5 Å². The second-order valence-corrected chi connectivity index (χ2v) is 12.8. The van der Waals surface area contributed by atoms with E-state index >= 15 is 0 Å². The quantitative estimate of drug-likeness (QED) is 0.136. The first kappa shape index (κ1) is 31.2. The van der Waals surface area contributed by atoms with Crippen LogP contribution >= 0.6 is 11.8 Å². The maximum atomic E-state index is 13.7. The molecule has 0 amide bonds. The van der Waals surface area contributed by atoms with E-state index in [9.17, 15) is 4.79 Å². The van der Waals surface area contributed by atoms with Crippen LogP contribution in [0.5, 0.6) is 11.5 Å². The van der Waals surface area contributed by atoms with Gasteiger partial charge in [-0.2, -0.15) is 4.98 Å². The molecule has 0 saturated heterocycles. The molecule has 1 N–H and O–H groups in total. The van der Waals surface area contributed by atoms with Crippen molar-refractivity contribution in [3.8, 4) is 11.5 Å². The lowest BCUT2D eigenvalue weighted by Gasteiger charge is -2.28. The van der Waals surface area contributed by atoms with Gasteiger partial charge < -0.3 is 19.5 Å². The summed E-state index contributed by atoms with van der Waals surface area (Å²) in [5, 5.41) is 8.73. The van der Waals surface area contributed by atoms with E-state index in [-0.39, 0.29) is 12.0 Å². The number of thioether (sulfide) groups is 1. The number of anilines is 1. The van der Waals surface area contributed by atoms with Crippen LogP contribution < -0.4 is 14.8 Å². The molecule has 1 aromatic heterocycles. The Morgan fingerprint density at radius 3 is 2.39 bits per heavy atom. The zero-order valence-corrected chi connectivity index (χ0v) is 27.0. The molecule has 0 radical (unpaired) electrons. The van der Waals surface area contributed by atoms with Crippen molar-refractivity contribution < 1.29 is 19.0 Å². The zero-order chi connectivity index (χ0) is 31.3. The lowest BCUT2D eigenvalue weighted by Crippen LogP contribution is -2.29. The average Bonchev–Trinajstić information content (AvgIpc) is 3.43. The highest BCUT2D eigenvalue weighted by molar-refractivity contribution is 7.99. The Hall–Kier alpha value is -4.24. The fraction of sp³-hybridized carbons (Fsp3) is 0.343. The fourth-order valence-corrected chi connectivity index (χ4v) is 5.68. The summed E-state index contributed by atoms with van der Waals surface area (Å²) in [6.45, 7) is 11.1. The van der Waals surface area contributed by atoms with Crippen LogP contribution in [0, 0.1) is 0 Å². The summed E-state index contributed by atoms with van der Waals surface area (Å²) in [5.41, 5.74) is 5.26. The molecule has 1 aliphatic heterocycles. The second kappa shape index (κ2) is 13.6. The summed E-state index contributed by atoms with van der Waals surface area (Å²) in [7, 11) is 1.61. The Kier molecular flexibility index (Phi) is 9.64. The van der Waals surface area contributed by atoms with E-state index < -0.39 is 12.0 Å². The van der Waals surface area contributed by atoms with Gasteiger partial charge in [0.25, 0.3) is 0 Å². The van der Waals surface area contributed by atoms with Gasteiger partial charge in [-0.25, -0.2) is 9.48 Å². The number of fused-ring (bicyclic) bond motifs is 1. The molecule has 0 aliphatic carbocycles. The first-order chi connectivity index (χ1) is 21.2. The number of esters is 1. The van der Waals surface area contributed by atoms with Gasteiger partial charge in [0, 0.05) is 11.4 Å². The molecule has 0 spiro atoms. The monoisotopic (exact) mass is 612 g/mol. The molecule has 9 heteroatoms. The predicted octanol–water partition coefficient (Wildman–Crippen LogP) is 7.70. The number of methoxy groups -OCH3 is 1. The number of nitrogens with zero attached hydrogens (tertiary/aromatic N) is 3. The van der Waals surface area contributed by atoms with Crippen molar-refractivity contribution in [1.82, 2.24) is 14.8 Å². The lowest BCUT2D eigenvalue weighted by atomic mass is 9.87. The Bertz CT molecular complexity index is 1620. The van der Waals surface area contributed by atoms with Gasteiger partial charge in [0.2, 0.25) is 11.1 Å². The minimum Gasteiger partial charge on any atom is -0.493 e. The Labute approximate surface area is 263 Å². The van der Waals surface area contributed by atoms with Crippen LogP contribution in [0.1, 0.15) is 69.3 Å². The van der Waals surface area contributed by atoms with Crippen molar-refractivity contribution in [3.63, 3.8) is 0 Å². The highest BCUT2D eigenvalue weighted by atomic mass is 32.2. The second-order valence-electron chi connectivity index (χ2n) is 11.8. The summed E-state index contributed by atoms with van der Waals surface area (Å²) in [6.07, 6.45) is 0.999.